The maximum Gasteiger partial charge on any atom is 0.137 e. The zero-order valence-corrected chi connectivity index (χ0v) is 11.9. The number of aryl methyl sites for hydroxylation is 1. The molecule has 4 nitrogen and oxygen atoms in total. The first-order valence-electron chi connectivity index (χ1n) is 7.76. The minimum Gasteiger partial charge on any atom is -0.385 e. The van der Waals surface area contributed by atoms with Gasteiger partial charge in [0.2, 0.25) is 0 Å². The second-order valence-electron chi connectivity index (χ2n) is 5.92. The maximum atomic E-state index is 9.98. The van der Waals surface area contributed by atoms with Crippen molar-refractivity contribution in [3.05, 3.63) is 17.7 Å². The molecule has 106 valence electrons. The van der Waals surface area contributed by atoms with Gasteiger partial charge in [-0.15, -0.1) is 0 Å². The summed E-state index contributed by atoms with van der Waals surface area (Å²) in [6.45, 7) is 5.64. The Labute approximate surface area is 115 Å². The topological polar surface area (TPSA) is 41.3 Å². The molecule has 0 radical (unpaired) electrons. The fourth-order valence-electron chi connectivity index (χ4n) is 3.56. The number of fused-ring (bicyclic) bond motifs is 1. The molecular formula is C15H25N3O. The molecule has 2 atom stereocenters. The number of rotatable bonds is 3. The molecular weight excluding hydrogens is 238 g/mol. The molecule has 0 bridgehead atoms. The quantitative estimate of drug-likeness (QED) is 0.908. The molecule has 1 N–H and O–H groups in total. The van der Waals surface area contributed by atoms with Crippen molar-refractivity contribution in [2.75, 3.05) is 13.1 Å². The fourth-order valence-corrected chi connectivity index (χ4v) is 3.56. The van der Waals surface area contributed by atoms with Crippen molar-refractivity contribution >= 4 is 0 Å². The van der Waals surface area contributed by atoms with Gasteiger partial charge in [0.1, 0.15) is 11.9 Å². The van der Waals surface area contributed by atoms with Crippen LogP contribution in [0.3, 0.4) is 0 Å². The fraction of sp³-hybridized carbons (Fsp3) is 0.800. The van der Waals surface area contributed by atoms with Crippen molar-refractivity contribution in [2.24, 2.45) is 0 Å². The first kappa shape index (κ1) is 13.1. The number of hydrogen-bond donors (Lipinski definition) is 1. The Morgan fingerprint density at radius 2 is 2.16 bits per heavy atom. The lowest BCUT2D eigenvalue weighted by Crippen LogP contribution is -2.40. The zero-order valence-electron chi connectivity index (χ0n) is 11.9. The van der Waals surface area contributed by atoms with E-state index in [2.05, 4.69) is 27.6 Å². The van der Waals surface area contributed by atoms with E-state index in [0.717, 1.165) is 38.2 Å². The van der Waals surface area contributed by atoms with E-state index in [9.17, 15) is 5.11 Å². The van der Waals surface area contributed by atoms with Crippen LogP contribution in [0.1, 0.15) is 56.7 Å². The summed E-state index contributed by atoms with van der Waals surface area (Å²) in [4.78, 5) is 7.26. The summed E-state index contributed by atoms with van der Waals surface area (Å²) in [5.74, 6) is 0.889. The first-order chi connectivity index (χ1) is 9.28. The molecule has 3 rings (SSSR count). The molecule has 1 fully saturated rings. The normalized spacial score (nSPS) is 28.3. The molecule has 19 heavy (non-hydrogen) atoms. The van der Waals surface area contributed by atoms with E-state index < -0.39 is 0 Å². The lowest BCUT2D eigenvalue weighted by atomic mass is 9.98. The van der Waals surface area contributed by atoms with Gasteiger partial charge in [-0.1, -0.05) is 13.3 Å². The lowest BCUT2D eigenvalue weighted by Gasteiger charge is -2.34. The largest absolute Gasteiger partial charge is 0.385 e. The molecule has 2 unspecified atom stereocenters. The Bertz CT molecular complexity index is 429. The van der Waals surface area contributed by atoms with Gasteiger partial charge in [-0.05, 0) is 38.8 Å². The van der Waals surface area contributed by atoms with Crippen LogP contribution in [0.15, 0.2) is 6.20 Å². The van der Waals surface area contributed by atoms with Crippen molar-refractivity contribution in [3.63, 3.8) is 0 Å². The first-order valence-corrected chi connectivity index (χ1v) is 7.76. The average Bonchev–Trinajstić information content (AvgIpc) is 2.83. The standard InChI is InChI=1S/C15H25N3O/c1-2-17-8-4-3-6-13(17)10-12-11-18-9-5-7-14(19)15(18)16-12/h11,13-14,19H,2-10H2,1H3. The number of piperidine rings is 1. The number of aromatic nitrogens is 2. The molecule has 0 saturated carbocycles. The number of likely N-dealkylation sites (tertiary alicyclic amines) is 1. The van der Waals surface area contributed by atoms with Gasteiger partial charge in [0.25, 0.3) is 0 Å². The van der Waals surface area contributed by atoms with Crippen LogP contribution in [0.4, 0.5) is 0 Å². The Hall–Kier alpha value is -0.870. The molecule has 2 aliphatic rings. The number of hydrogen-bond acceptors (Lipinski definition) is 3. The number of aliphatic hydroxyl groups excluding tert-OH is 1. The number of imidazole rings is 1. The number of nitrogens with zero attached hydrogens (tertiary/aromatic N) is 3. The summed E-state index contributed by atoms with van der Waals surface area (Å²) in [5.41, 5.74) is 1.17. The van der Waals surface area contributed by atoms with Gasteiger partial charge in [-0.2, -0.15) is 0 Å². The van der Waals surface area contributed by atoms with Crippen LogP contribution >= 0.6 is 0 Å². The van der Waals surface area contributed by atoms with Crippen molar-refractivity contribution in [3.8, 4) is 0 Å². The van der Waals surface area contributed by atoms with Crippen LogP contribution in [-0.4, -0.2) is 38.7 Å². The van der Waals surface area contributed by atoms with Crippen LogP contribution in [0, 0.1) is 0 Å². The Morgan fingerprint density at radius 1 is 1.26 bits per heavy atom. The third-order valence-corrected chi connectivity index (χ3v) is 4.63. The van der Waals surface area contributed by atoms with Gasteiger partial charge >= 0.3 is 0 Å². The van der Waals surface area contributed by atoms with E-state index in [1.165, 1.54) is 31.5 Å². The highest BCUT2D eigenvalue weighted by atomic mass is 16.3. The van der Waals surface area contributed by atoms with Crippen LogP contribution in [-0.2, 0) is 13.0 Å². The highest BCUT2D eigenvalue weighted by Crippen LogP contribution is 2.26. The molecule has 0 amide bonds. The zero-order chi connectivity index (χ0) is 13.2. The summed E-state index contributed by atoms with van der Waals surface area (Å²) >= 11 is 0. The second kappa shape index (κ2) is 5.63. The van der Waals surface area contributed by atoms with E-state index in [1.807, 2.05) is 0 Å². The molecule has 0 spiro atoms. The SMILES string of the molecule is CCN1CCCCC1Cc1cn2c(n1)C(O)CCC2. The van der Waals surface area contributed by atoms with E-state index in [-0.39, 0.29) is 6.10 Å². The van der Waals surface area contributed by atoms with E-state index >= 15 is 0 Å². The monoisotopic (exact) mass is 263 g/mol. The summed E-state index contributed by atoms with van der Waals surface area (Å²) in [6.07, 6.45) is 8.76. The van der Waals surface area contributed by atoms with Crippen molar-refractivity contribution < 1.29 is 5.11 Å². The minimum absolute atomic E-state index is 0.351. The Kier molecular flexibility index (Phi) is 3.89. The smallest absolute Gasteiger partial charge is 0.137 e. The summed E-state index contributed by atoms with van der Waals surface area (Å²) in [6, 6.07) is 0.646. The van der Waals surface area contributed by atoms with Gasteiger partial charge in [0, 0.05) is 25.2 Å². The van der Waals surface area contributed by atoms with E-state index in [1.54, 1.807) is 0 Å². The van der Waals surface area contributed by atoms with Gasteiger partial charge in [0.15, 0.2) is 0 Å². The highest BCUT2D eigenvalue weighted by molar-refractivity contribution is 5.10. The predicted molar refractivity (Wildman–Crippen MR) is 75.0 cm³/mol. The van der Waals surface area contributed by atoms with Gasteiger partial charge in [-0.25, -0.2) is 4.98 Å². The van der Waals surface area contributed by atoms with Crippen molar-refractivity contribution in [1.82, 2.24) is 14.5 Å². The summed E-state index contributed by atoms with van der Waals surface area (Å²) < 4.78 is 2.16. The molecule has 0 aliphatic carbocycles. The maximum absolute atomic E-state index is 9.98. The minimum atomic E-state index is -0.351. The van der Waals surface area contributed by atoms with Crippen molar-refractivity contribution in [2.45, 2.75) is 64.1 Å². The molecule has 2 aliphatic heterocycles. The Morgan fingerprint density at radius 3 is 2.95 bits per heavy atom. The third kappa shape index (κ3) is 2.70. The molecule has 1 aromatic rings. The van der Waals surface area contributed by atoms with Crippen LogP contribution < -0.4 is 0 Å². The number of likely N-dealkylation sites (N-methyl/N-ethyl adjacent to an activating group) is 1. The van der Waals surface area contributed by atoms with Gasteiger partial charge in [-0.3, -0.25) is 0 Å². The van der Waals surface area contributed by atoms with Crippen LogP contribution in [0.5, 0.6) is 0 Å². The Balaban J connectivity index is 1.72. The average molecular weight is 263 g/mol. The van der Waals surface area contributed by atoms with Crippen LogP contribution in [0.2, 0.25) is 0 Å². The second-order valence-corrected chi connectivity index (χ2v) is 5.92. The summed E-state index contributed by atoms with van der Waals surface area (Å²) in [5, 5.41) is 9.98. The molecule has 0 aromatic carbocycles. The summed E-state index contributed by atoms with van der Waals surface area (Å²) in [7, 11) is 0. The van der Waals surface area contributed by atoms with Crippen molar-refractivity contribution in [1.29, 1.82) is 0 Å². The predicted octanol–water partition coefficient (Wildman–Crippen LogP) is 2.13. The molecule has 1 saturated heterocycles. The van der Waals surface area contributed by atoms with Crippen LogP contribution in [0.25, 0.3) is 0 Å². The van der Waals surface area contributed by atoms with E-state index in [4.69, 9.17) is 0 Å². The molecule has 3 heterocycles. The highest BCUT2D eigenvalue weighted by Gasteiger charge is 2.25. The molecule has 1 aromatic heterocycles. The molecule has 4 heteroatoms. The van der Waals surface area contributed by atoms with Gasteiger partial charge in [0.05, 0.1) is 5.69 Å². The van der Waals surface area contributed by atoms with E-state index in [0.29, 0.717) is 6.04 Å². The lowest BCUT2D eigenvalue weighted by molar-refractivity contribution is 0.133. The van der Waals surface area contributed by atoms with Gasteiger partial charge < -0.3 is 14.6 Å². The number of aliphatic hydroxyl groups is 1. The third-order valence-electron chi connectivity index (χ3n) is 4.63.